The zero-order chi connectivity index (χ0) is 14.5. The van der Waals surface area contributed by atoms with Gasteiger partial charge in [0, 0.05) is 11.8 Å². The number of benzene rings is 1. The van der Waals surface area contributed by atoms with E-state index in [4.69, 9.17) is 4.74 Å². The Hall–Kier alpha value is -2.56. The van der Waals surface area contributed by atoms with Gasteiger partial charge in [-0.3, -0.25) is 5.10 Å². The predicted molar refractivity (Wildman–Crippen MR) is 78.8 cm³/mol. The Labute approximate surface area is 117 Å². The summed E-state index contributed by atoms with van der Waals surface area (Å²) in [7, 11) is 0. The molecule has 0 saturated carbocycles. The smallest absolute Gasteiger partial charge is 0.190 e. The van der Waals surface area contributed by atoms with Crippen molar-refractivity contribution in [3.05, 3.63) is 60.6 Å². The molecule has 0 bridgehead atoms. The fraction of sp³-hybridized carbons (Fsp3) is 0.200. The van der Waals surface area contributed by atoms with E-state index in [1.165, 1.54) is 5.56 Å². The Bertz CT molecular complexity index is 682. The SMILES string of the molecule is C=C.Cc1ccc(OCc2nnc3cc(C)[nH]n23)cc1. The number of H-pyrrole nitrogens is 1. The van der Waals surface area contributed by atoms with Crippen molar-refractivity contribution in [1.82, 2.24) is 19.8 Å². The molecule has 2 heterocycles. The van der Waals surface area contributed by atoms with Gasteiger partial charge in [-0.05, 0) is 26.0 Å². The maximum absolute atomic E-state index is 5.68. The molecule has 0 spiro atoms. The minimum absolute atomic E-state index is 0.393. The van der Waals surface area contributed by atoms with Crippen LogP contribution in [0.25, 0.3) is 5.65 Å². The highest BCUT2D eigenvalue weighted by Crippen LogP contribution is 2.13. The largest absolute Gasteiger partial charge is 0.486 e. The number of rotatable bonds is 3. The second-order valence-corrected chi connectivity index (χ2v) is 4.35. The lowest BCUT2D eigenvalue weighted by Gasteiger charge is -2.04. The van der Waals surface area contributed by atoms with E-state index in [0.29, 0.717) is 6.61 Å². The zero-order valence-corrected chi connectivity index (χ0v) is 11.8. The summed E-state index contributed by atoms with van der Waals surface area (Å²) in [5.41, 5.74) is 3.08. The molecule has 0 atom stereocenters. The summed E-state index contributed by atoms with van der Waals surface area (Å²) in [6.07, 6.45) is 0. The van der Waals surface area contributed by atoms with E-state index in [1.807, 2.05) is 48.7 Å². The molecular formula is C15H18N4O. The molecule has 0 radical (unpaired) electrons. The quantitative estimate of drug-likeness (QED) is 0.744. The standard InChI is InChI=1S/C13H14N4O.C2H4/c1-9-3-5-11(6-4-9)18-8-13-15-14-12-7-10(2)16-17(12)13;1-2/h3-7,16H,8H2,1-2H3;1-2H2. The van der Waals surface area contributed by atoms with Gasteiger partial charge in [0.25, 0.3) is 0 Å². The molecule has 5 nitrogen and oxygen atoms in total. The van der Waals surface area contributed by atoms with Gasteiger partial charge < -0.3 is 4.74 Å². The summed E-state index contributed by atoms with van der Waals surface area (Å²) >= 11 is 0. The molecule has 3 rings (SSSR count). The fourth-order valence-electron chi connectivity index (χ4n) is 1.82. The third-order valence-electron chi connectivity index (χ3n) is 2.78. The average molecular weight is 270 g/mol. The van der Waals surface area contributed by atoms with E-state index in [-0.39, 0.29) is 0 Å². The number of aryl methyl sites for hydroxylation is 2. The van der Waals surface area contributed by atoms with Crippen LogP contribution < -0.4 is 4.74 Å². The molecule has 1 N–H and O–H groups in total. The topological polar surface area (TPSA) is 55.2 Å². The van der Waals surface area contributed by atoms with Crippen LogP contribution in [0.3, 0.4) is 0 Å². The Morgan fingerprint density at radius 3 is 2.55 bits per heavy atom. The average Bonchev–Trinajstić information content (AvgIpc) is 3.00. The molecule has 0 amide bonds. The van der Waals surface area contributed by atoms with Crippen molar-refractivity contribution in [3.63, 3.8) is 0 Å². The molecule has 0 aliphatic heterocycles. The molecular weight excluding hydrogens is 252 g/mol. The van der Waals surface area contributed by atoms with Crippen LogP contribution in [0.5, 0.6) is 5.75 Å². The molecule has 0 unspecified atom stereocenters. The first-order valence-electron chi connectivity index (χ1n) is 6.31. The van der Waals surface area contributed by atoms with Gasteiger partial charge in [0.2, 0.25) is 0 Å². The van der Waals surface area contributed by atoms with Gasteiger partial charge in [-0.1, -0.05) is 17.7 Å². The number of hydrogen-bond acceptors (Lipinski definition) is 3. The normalized spacial score (nSPS) is 10.1. The molecule has 0 fully saturated rings. The second-order valence-electron chi connectivity index (χ2n) is 4.35. The summed E-state index contributed by atoms with van der Waals surface area (Å²) in [6, 6.07) is 9.89. The molecule has 20 heavy (non-hydrogen) atoms. The van der Waals surface area contributed by atoms with E-state index >= 15 is 0 Å². The number of nitrogens with one attached hydrogen (secondary N) is 1. The third-order valence-corrected chi connectivity index (χ3v) is 2.78. The van der Waals surface area contributed by atoms with E-state index in [2.05, 4.69) is 28.5 Å². The maximum Gasteiger partial charge on any atom is 0.190 e. The van der Waals surface area contributed by atoms with Crippen LogP contribution >= 0.6 is 0 Å². The minimum atomic E-state index is 0.393. The Kier molecular flexibility index (Phi) is 4.20. The van der Waals surface area contributed by atoms with Crippen molar-refractivity contribution in [2.45, 2.75) is 20.5 Å². The first kappa shape index (κ1) is 13.9. The van der Waals surface area contributed by atoms with E-state index in [9.17, 15) is 0 Å². The van der Waals surface area contributed by atoms with Gasteiger partial charge in [0.05, 0.1) is 0 Å². The zero-order valence-electron chi connectivity index (χ0n) is 11.8. The lowest BCUT2D eigenvalue weighted by molar-refractivity contribution is 0.292. The van der Waals surface area contributed by atoms with Crippen LogP contribution in [0.4, 0.5) is 0 Å². The van der Waals surface area contributed by atoms with Crippen LogP contribution in [0.1, 0.15) is 17.1 Å². The van der Waals surface area contributed by atoms with Crippen molar-refractivity contribution >= 4 is 5.65 Å². The van der Waals surface area contributed by atoms with Crippen molar-refractivity contribution in [3.8, 4) is 5.75 Å². The predicted octanol–water partition coefficient (Wildman–Crippen LogP) is 3.06. The van der Waals surface area contributed by atoms with Gasteiger partial charge in [-0.2, -0.15) is 0 Å². The van der Waals surface area contributed by atoms with Gasteiger partial charge >= 0.3 is 0 Å². The minimum Gasteiger partial charge on any atom is -0.486 e. The first-order chi connectivity index (χ1) is 9.72. The molecule has 5 heteroatoms. The van der Waals surface area contributed by atoms with Crippen molar-refractivity contribution in [2.75, 3.05) is 0 Å². The third kappa shape index (κ3) is 2.88. The van der Waals surface area contributed by atoms with Gasteiger partial charge in [0.1, 0.15) is 12.4 Å². The molecule has 3 aromatic rings. The fourth-order valence-corrected chi connectivity index (χ4v) is 1.82. The molecule has 104 valence electrons. The Morgan fingerprint density at radius 1 is 1.15 bits per heavy atom. The van der Waals surface area contributed by atoms with E-state index in [1.54, 1.807) is 0 Å². The number of aromatic amines is 1. The van der Waals surface area contributed by atoms with Crippen LogP contribution in [-0.2, 0) is 6.61 Å². The summed E-state index contributed by atoms with van der Waals surface area (Å²) in [5, 5.41) is 11.3. The number of ether oxygens (including phenoxy) is 1. The van der Waals surface area contributed by atoms with Crippen LogP contribution in [-0.4, -0.2) is 19.8 Å². The number of hydrogen-bond donors (Lipinski definition) is 1. The Morgan fingerprint density at radius 2 is 1.85 bits per heavy atom. The number of nitrogens with zero attached hydrogens (tertiary/aromatic N) is 3. The van der Waals surface area contributed by atoms with E-state index in [0.717, 1.165) is 22.9 Å². The van der Waals surface area contributed by atoms with Crippen molar-refractivity contribution < 1.29 is 4.74 Å². The van der Waals surface area contributed by atoms with Crippen LogP contribution in [0.2, 0.25) is 0 Å². The highest BCUT2D eigenvalue weighted by atomic mass is 16.5. The van der Waals surface area contributed by atoms with Crippen LogP contribution in [0.15, 0.2) is 43.5 Å². The maximum atomic E-state index is 5.68. The highest BCUT2D eigenvalue weighted by Gasteiger charge is 2.07. The van der Waals surface area contributed by atoms with Gasteiger partial charge in [-0.25, -0.2) is 4.52 Å². The second kappa shape index (κ2) is 6.06. The molecule has 0 saturated heterocycles. The number of aromatic nitrogens is 4. The molecule has 0 aliphatic carbocycles. The monoisotopic (exact) mass is 270 g/mol. The van der Waals surface area contributed by atoms with E-state index < -0.39 is 0 Å². The highest BCUT2D eigenvalue weighted by molar-refractivity contribution is 5.38. The van der Waals surface area contributed by atoms with Crippen molar-refractivity contribution in [2.24, 2.45) is 0 Å². The molecule has 0 aliphatic rings. The van der Waals surface area contributed by atoms with Crippen molar-refractivity contribution in [1.29, 1.82) is 0 Å². The summed E-state index contributed by atoms with van der Waals surface area (Å²) < 4.78 is 7.52. The summed E-state index contributed by atoms with van der Waals surface area (Å²) in [6.45, 7) is 10.4. The molecule has 1 aromatic carbocycles. The summed E-state index contributed by atoms with van der Waals surface area (Å²) in [5.74, 6) is 1.60. The van der Waals surface area contributed by atoms with Crippen LogP contribution in [0, 0.1) is 13.8 Å². The van der Waals surface area contributed by atoms with Gasteiger partial charge in [-0.15, -0.1) is 23.4 Å². The lowest BCUT2D eigenvalue weighted by atomic mass is 10.2. The Balaban J connectivity index is 0.000000704. The lowest BCUT2D eigenvalue weighted by Crippen LogP contribution is -2.02. The summed E-state index contributed by atoms with van der Waals surface area (Å²) in [4.78, 5) is 0. The van der Waals surface area contributed by atoms with Gasteiger partial charge in [0.15, 0.2) is 11.5 Å². The first-order valence-corrected chi connectivity index (χ1v) is 6.31. The number of fused-ring (bicyclic) bond motifs is 1. The molecule has 2 aromatic heterocycles.